The monoisotopic (exact) mass is 273 g/mol. The van der Waals surface area contributed by atoms with Gasteiger partial charge in [0.05, 0.1) is 12.2 Å². The van der Waals surface area contributed by atoms with Crippen LogP contribution in [0.3, 0.4) is 0 Å². The van der Waals surface area contributed by atoms with Crippen LogP contribution in [0, 0.1) is 0 Å². The Hall–Kier alpha value is -2.24. The Labute approximate surface area is 117 Å². The van der Waals surface area contributed by atoms with Crippen LogP contribution in [0.25, 0.3) is 5.57 Å². The van der Waals surface area contributed by atoms with E-state index in [1.165, 1.54) is 5.70 Å². The van der Waals surface area contributed by atoms with E-state index in [2.05, 4.69) is 41.2 Å². The van der Waals surface area contributed by atoms with E-state index in [-0.39, 0.29) is 6.03 Å². The minimum atomic E-state index is -0.369. The number of allylic oxidation sites excluding steroid dienone is 3. The number of aromatic amines is 1. The molecule has 6 nitrogen and oxygen atoms in total. The highest BCUT2D eigenvalue weighted by molar-refractivity contribution is 5.77. The van der Waals surface area contributed by atoms with E-state index in [0.29, 0.717) is 13.1 Å². The first-order valence-electron chi connectivity index (χ1n) is 6.76. The summed E-state index contributed by atoms with van der Waals surface area (Å²) in [6, 6.07) is -0.369. The summed E-state index contributed by atoms with van der Waals surface area (Å²) in [7, 11) is 2.06. The average molecular weight is 273 g/mol. The van der Waals surface area contributed by atoms with Gasteiger partial charge in [0, 0.05) is 49.1 Å². The number of hydrogen-bond acceptors (Lipinski definition) is 3. The van der Waals surface area contributed by atoms with Gasteiger partial charge in [0.1, 0.15) is 0 Å². The van der Waals surface area contributed by atoms with Crippen LogP contribution in [0.15, 0.2) is 17.8 Å². The van der Waals surface area contributed by atoms with Crippen LogP contribution in [0.5, 0.6) is 0 Å². The second-order valence-electron chi connectivity index (χ2n) is 5.36. The zero-order chi connectivity index (χ0) is 14.3. The number of nitrogens with two attached hydrogens (primary N) is 1. The Bertz CT molecular complexity index is 613. The van der Waals surface area contributed by atoms with Gasteiger partial charge in [-0.15, -0.1) is 0 Å². The lowest BCUT2D eigenvalue weighted by Crippen LogP contribution is -2.39. The molecule has 0 unspecified atom stereocenters. The van der Waals surface area contributed by atoms with Crippen LogP contribution in [0.2, 0.25) is 0 Å². The third-order valence-electron chi connectivity index (χ3n) is 4.07. The summed E-state index contributed by atoms with van der Waals surface area (Å²) in [6.07, 6.45) is 5.07. The van der Waals surface area contributed by atoms with Crippen molar-refractivity contribution in [3.05, 3.63) is 34.8 Å². The second-order valence-corrected chi connectivity index (χ2v) is 5.36. The van der Waals surface area contributed by atoms with Gasteiger partial charge in [0.25, 0.3) is 0 Å². The first-order chi connectivity index (χ1) is 9.56. The molecule has 0 aliphatic carbocycles. The fourth-order valence-corrected chi connectivity index (χ4v) is 2.66. The number of carbonyl (C=O) groups excluding carboxylic acids is 1. The van der Waals surface area contributed by atoms with Crippen LogP contribution < -0.4 is 5.73 Å². The normalized spacial score (nSPS) is 18.5. The number of rotatable bonds is 1. The van der Waals surface area contributed by atoms with Crippen molar-refractivity contribution < 1.29 is 4.79 Å². The van der Waals surface area contributed by atoms with E-state index in [1.807, 2.05) is 0 Å². The van der Waals surface area contributed by atoms with Crippen molar-refractivity contribution in [3.63, 3.8) is 0 Å². The molecule has 3 heterocycles. The number of nitrogens with one attached hydrogen (secondary N) is 1. The molecular formula is C14H19N5O. The number of nitrogens with zero attached hydrogens (tertiary/aromatic N) is 3. The molecule has 106 valence electrons. The highest BCUT2D eigenvalue weighted by atomic mass is 16.2. The van der Waals surface area contributed by atoms with Crippen LogP contribution in [-0.4, -0.2) is 46.2 Å². The third-order valence-corrected chi connectivity index (χ3v) is 4.07. The van der Waals surface area contributed by atoms with E-state index < -0.39 is 0 Å². The summed E-state index contributed by atoms with van der Waals surface area (Å²) in [6.45, 7) is 4.15. The molecule has 0 aromatic carbocycles. The van der Waals surface area contributed by atoms with Crippen molar-refractivity contribution in [1.29, 1.82) is 0 Å². The van der Waals surface area contributed by atoms with E-state index >= 15 is 0 Å². The summed E-state index contributed by atoms with van der Waals surface area (Å²) < 4.78 is 0. The number of hydrogen-bond donors (Lipinski definition) is 2. The Morgan fingerprint density at radius 1 is 1.50 bits per heavy atom. The van der Waals surface area contributed by atoms with E-state index in [0.717, 1.165) is 35.5 Å². The van der Waals surface area contributed by atoms with Crippen molar-refractivity contribution >= 4 is 11.6 Å². The van der Waals surface area contributed by atoms with Gasteiger partial charge in [-0.1, -0.05) is 6.08 Å². The van der Waals surface area contributed by atoms with Gasteiger partial charge in [-0.05, 0) is 13.0 Å². The van der Waals surface area contributed by atoms with Crippen LogP contribution in [-0.2, 0) is 13.0 Å². The smallest absolute Gasteiger partial charge is 0.315 e. The minimum Gasteiger partial charge on any atom is -0.374 e. The maximum absolute atomic E-state index is 11.4. The molecule has 0 radical (unpaired) electrons. The van der Waals surface area contributed by atoms with E-state index in [1.54, 1.807) is 4.90 Å². The summed E-state index contributed by atoms with van der Waals surface area (Å²) in [4.78, 5) is 15.2. The topological polar surface area (TPSA) is 78.2 Å². The maximum Gasteiger partial charge on any atom is 0.315 e. The van der Waals surface area contributed by atoms with Crippen LogP contribution in [0.4, 0.5) is 4.79 Å². The largest absolute Gasteiger partial charge is 0.374 e. The predicted octanol–water partition coefficient (Wildman–Crippen LogP) is 1.08. The molecule has 0 fully saturated rings. The third kappa shape index (κ3) is 2.07. The van der Waals surface area contributed by atoms with Gasteiger partial charge >= 0.3 is 6.03 Å². The van der Waals surface area contributed by atoms with Gasteiger partial charge in [-0.3, -0.25) is 5.10 Å². The molecule has 0 spiro atoms. The molecule has 0 saturated carbocycles. The van der Waals surface area contributed by atoms with Crippen molar-refractivity contribution in [2.24, 2.45) is 5.73 Å². The van der Waals surface area contributed by atoms with Gasteiger partial charge in [0.2, 0.25) is 0 Å². The molecule has 0 atom stereocenters. The molecule has 2 aliphatic rings. The lowest BCUT2D eigenvalue weighted by Gasteiger charge is -2.26. The maximum atomic E-state index is 11.4. The number of urea groups is 1. The molecular weight excluding hydrogens is 254 g/mol. The summed E-state index contributed by atoms with van der Waals surface area (Å²) in [5.74, 6) is 0. The molecule has 20 heavy (non-hydrogen) atoms. The Morgan fingerprint density at radius 3 is 3.00 bits per heavy atom. The minimum absolute atomic E-state index is 0.369. The number of primary amides is 1. The first-order valence-corrected chi connectivity index (χ1v) is 6.76. The molecule has 1 aromatic rings. The number of H-pyrrole nitrogens is 1. The van der Waals surface area contributed by atoms with E-state index in [4.69, 9.17) is 5.73 Å². The molecule has 3 N–H and O–H groups in total. The van der Waals surface area contributed by atoms with Gasteiger partial charge < -0.3 is 15.5 Å². The van der Waals surface area contributed by atoms with Crippen molar-refractivity contribution in [3.8, 4) is 0 Å². The molecule has 1 aromatic heterocycles. The fraction of sp³-hybridized carbons (Fsp3) is 0.429. The summed E-state index contributed by atoms with van der Waals surface area (Å²) >= 11 is 0. The Kier molecular flexibility index (Phi) is 3.00. The molecule has 0 bridgehead atoms. The second kappa shape index (κ2) is 4.70. The van der Waals surface area contributed by atoms with Crippen molar-refractivity contribution in [2.45, 2.75) is 19.9 Å². The van der Waals surface area contributed by atoms with E-state index in [9.17, 15) is 4.79 Å². The van der Waals surface area contributed by atoms with Crippen LogP contribution >= 0.6 is 0 Å². The zero-order valence-corrected chi connectivity index (χ0v) is 11.8. The van der Waals surface area contributed by atoms with Crippen molar-refractivity contribution in [2.75, 3.05) is 20.1 Å². The van der Waals surface area contributed by atoms with Crippen LogP contribution in [0.1, 0.15) is 23.9 Å². The number of carbonyl (C=O) groups is 1. The quantitative estimate of drug-likeness (QED) is 0.803. The standard InChI is InChI=1S/C14H19N5O/c1-9-7-10(3-5-18(9)2)13-11-8-19(14(15)20)6-4-12(11)16-17-13/h3,7H,4-6,8H2,1-2H3,(H2,15,20)(H,16,17). The predicted molar refractivity (Wildman–Crippen MR) is 76.6 cm³/mol. The summed E-state index contributed by atoms with van der Waals surface area (Å²) in [5.41, 5.74) is 10.9. The number of amides is 2. The molecule has 0 saturated heterocycles. The number of likely N-dealkylation sites (N-methyl/N-ethyl adjacent to an activating group) is 1. The zero-order valence-electron chi connectivity index (χ0n) is 11.8. The van der Waals surface area contributed by atoms with Gasteiger partial charge in [-0.2, -0.15) is 5.10 Å². The first kappa shape index (κ1) is 12.8. The average Bonchev–Trinajstić information content (AvgIpc) is 2.84. The van der Waals surface area contributed by atoms with Gasteiger partial charge in [-0.25, -0.2) is 4.79 Å². The lowest BCUT2D eigenvalue weighted by molar-refractivity contribution is 0.202. The highest BCUT2D eigenvalue weighted by Gasteiger charge is 2.25. The molecule has 6 heteroatoms. The number of aromatic nitrogens is 2. The molecule has 2 amide bonds. The fourth-order valence-electron chi connectivity index (χ4n) is 2.66. The molecule has 2 aliphatic heterocycles. The molecule has 3 rings (SSSR count). The Morgan fingerprint density at radius 2 is 2.30 bits per heavy atom. The highest BCUT2D eigenvalue weighted by Crippen LogP contribution is 2.28. The lowest BCUT2D eigenvalue weighted by atomic mass is 9.99. The number of fused-ring (bicyclic) bond motifs is 1. The summed E-state index contributed by atoms with van der Waals surface area (Å²) in [5, 5.41) is 7.54. The van der Waals surface area contributed by atoms with Crippen molar-refractivity contribution in [1.82, 2.24) is 20.0 Å². The van der Waals surface area contributed by atoms with Gasteiger partial charge in [0.15, 0.2) is 0 Å². The SMILES string of the molecule is CC1=CC(c2n[nH]c3c2CN(C(N)=O)CC3)=CCN1C. The Balaban J connectivity index is 1.94.